The number of nitrogens with zero attached hydrogens (tertiary/aromatic N) is 1. The second-order valence-electron chi connectivity index (χ2n) is 5.24. The van der Waals surface area contributed by atoms with E-state index in [-0.39, 0.29) is 17.7 Å². The molecule has 104 valence electrons. The molecule has 3 rings (SSSR count). The van der Waals surface area contributed by atoms with Gasteiger partial charge in [-0.3, -0.25) is 14.6 Å². The molecule has 0 spiro atoms. The van der Waals surface area contributed by atoms with Crippen LogP contribution in [0.15, 0.2) is 23.2 Å². The molecule has 1 aromatic rings. The molecule has 2 N–H and O–H groups in total. The number of Topliss-reactive ketones (excluding diaryl/α,β-unsaturated/α-hetero) is 1. The van der Waals surface area contributed by atoms with E-state index >= 15 is 0 Å². The van der Waals surface area contributed by atoms with Gasteiger partial charge in [-0.15, -0.1) is 0 Å². The highest BCUT2D eigenvalue weighted by atomic mass is 16.1. The van der Waals surface area contributed by atoms with Gasteiger partial charge in [0.25, 0.3) is 5.91 Å². The summed E-state index contributed by atoms with van der Waals surface area (Å²) in [6.07, 6.45) is 3.59. The molecule has 0 radical (unpaired) electrons. The first-order valence-electron chi connectivity index (χ1n) is 6.94. The molecule has 2 aliphatic heterocycles. The average molecular weight is 271 g/mol. The fraction of sp³-hybridized carbons (Fsp3) is 0.400. The van der Waals surface area contributed by atoms with Crippen molar-refractivity contribution in [3.05, 3.63) is 29.3 Å². The summed E-state index contributed by atoms with van der Waals surface area (Å²) in [5.41, 5.74) is 2.21. The van der Waals surface area contributed by atoms with E-state index in [1.165, 1.54) is 6.21 Å². The number of rotatable bonds is 2. The molecule has 2 heterocycles. The largest absolute Gasteiger partial charge is 0.349 e. The molecule has 0 aromatic heterocycles. The number of carbonyl (C=O) groups excluding carboxylic acids is 2. The average Bonchev–Trinajstić information content (AvgIpc) is 2.47. The van der Waals surface area contributed by atoms with Crippen molar-refractivity contribution in [1.29, 1.82) is 0 Å². The summed E-state index contributed by atoms with van der Waals surface area (Å²) in [5, 5.41) is 6.32. The third kappa shape index (κ3) is 2.77. The number of amides is 1. The minimum absolute atomic E-state index is 0.0200. The fourth-order valence-corrected chi connectivity index (χ4v) is 2.60. The fourth-order valence-electron chi connectivity index (χ4n) is 2.60. The molecule has 0 aliphatic carbocycles. The number of carbonyl (C=O) groups is 2. The summed E-state index contributed by atoms with van der Waals surface area (Å²) in [7, 11) is 0. The molecule has 1 saturated heterocycles. The molecule has 0 unspecified atom stereocenters. The third-order valence-electron chi connectivity index (χ3n) is 3.73. The maximum absolute atomic E-state index is 12.2. The van der Waals surface area contributed by atoms with Crippen LogP contribution in [0.2, 0.25) is 0 Å². The van der Waals surface area contributed by atoms with E-state index in [9.17, 15) is 9.59 Å². The number of fused-ring (bicyclic) bond motifs is 1. The molecule has 2 aliphatic rings. The monoisotopic (exact) mass is 271 g/mol. The van der Waals surface area contributed by atoms with Crippen LogP contribution < -0.4 is 10.6 Å². The lowest BCUT2D eigenvalue weighted by atomic mass is 10.0. The zero-order valence-electron chi connectivity index (χ0n) is 11.2. The number of piperidine rings is 1. The van der Waals surface area contributed by atoms with Gasteiger partial charge in [0.15, 0.2) is 5.78 Å². The van der Waals surface area contributed by atoms with Crippen LogP contribution in [0.4, 0.5) is 5.69 Å². The van der Waals surface area contributed by atoms with E-state index in [1.54, 1.807) is 18.2 Å². The number of hydrogen-bond acceptors (Lipinski definition) is 4. The van der Waals surface area contributed by atoms with Crippen LogP contribution in [0.25, 0.3) is 0 Å². The van der Waals surface area contributed by atoms with Crippen LogP contribution in [-0.4, -0.2) is 37.0 Å². The first-order chi connectivity index (χ1) is 9.72. The SMILES string of the molecule is O=C1C=Nc2ccc(C(=O)NC3CCNCC3)cc2C1. The van der Waals surface area contributed by atoms with Crippen LogP contribution in [-0.2, 0) is 11.2 Å². The maximum atomic E-state index is 12.2. The summed E-state index contributed by atoms with van der Waals surface area (Å²) >= 11 is 0. The zero-order valence-corrected chi connectivity index (χ0v) is 11.2. The molecule has 0 atom stereocenters. The van der Waals surface area contributed by atoms with E-state index in [2.05, 4.69) is 15.6 Å². The van der Waals surface area contributed by atoms with Crippen molar-refractivity contribution in [1.82, 2.24) is 10.6 Å². The lowest BCUT2D eigenvalue weighted by molar-refractivity contribution is -0.112. The van der Waals surface area contributed by atoms with Crippen molar-refractivity contribution in [2.24, 2.45) is 4.99 Å². The number of benzene rings is 1. The van der Waals surface area contributed by atoms with E-state index < -0.39 is 0 Å². The number of hydrogen-bond donors (Lipinski definition) is 2. The zero-order chi connectivity index (χ0) is 13.9. The second-order valence-corrected chi connectivity index (χ2v) is 5.24. The van der Waals surface area contributed by atoms with Gasteiger partial charge in [-0.25, -0.2) is 0 Å². The van der Waals surface area contributed by atoms with Crippen molar-refractivity contribution < 1.29 is 9.59 Å². The van der Waals surface area contributed by atoms with Gasteiger partial charge in [-0.1, -0.05) is 0 Å². The van der Waals surface area contributed by atoms with Crippen LogP contribution in [0.5, 0.6) is 0 Å². The molecule has 1 aromatic carbocycles. The minimum Gasteiger partial charge on any atom is -0.349 e. The third-order valence-corrected chi connectivity index (χ3v) is 3.73. The normalized spacial score (nSPS) is 18.7. The number of aliphatic imine (C=N–C) groups is 1. The molecule has 5 nitrogen and oxygen atoms in total. The first kappa shape index (κ1) is 13.0. The van der Waals surface area contributed by atoms with E-state index in [0.29, 0.717) is 12.0 Å². The Balaban J connectivity index is 1.73. The van der Waals surface area contributed by atoms with Crippen molar-refractivity contribution >= 4 is 23.6 Å². The Morgan fingerprint density at radius 2 is 2.10 bits per heavy atom. The first-order valence-corrected chi connectivity index (χ1v) is 6.94. The topological polar surface area (TPSA) is 70.6 Å². The highest BCUT2D eigenvalue weighted by Crippen LogP contribution is 2.24. The van der Waals surface area contributed by atoms with Gasteiger partial charge >= 0.3 is 0 Å². The summed E-state index contributed by atoms with van der Waals surface area (Å²) in [4.78, 5) is 27.7. The van der Waals surface area contributed by atoms with Crippen LogP contribution in [0, 0.1) is 0 Å². The smallest absolute Gasteiger partial charge is 0.251 e. The molecule has 0 saturated carbocycles. The Labute approximate surface area is 117 Å². The molecular weight excluding hydrogens is 254 g/mol. The lowest BCUT2D eigenvalue weighted by Gasteiger charge is -2.23. The van der Waals surface area contributed by atoms with Crippen molar-refractivity contribution in [2.75, 3.05) is 13.1 Å². The Hall–Kier alpha value is -2.01. The summed E-state index contributed by atoms with van der Waals surface area (Å²) in [6.45, 7) is 1.89. The Kier molecular flexibility index (Phi) is 3.60. The van der Waals surface area contributed by atoms with E-state index in [1.807, 2.05) is 0 Å². The van der Waals surface area contributed by atoms with Gasteiger partial charge in [0, 0.05) is 18.0 Å². The second kappa shape index (κ2) is 5.54. The van der Waals surface area contributed by atoms with Gasteiger partial charge in [-0.2, -0.15) is 0 Å². The number of ketones is 1. The van der Waals surface area contributed by atoms with E-state index in [0.717, 1.165) is 37.2 Å². The summed E-state index contributed by atoms with van der Waals surface area (Å²) in [5.74, 6) is -0.0879. The Bertz CT molecular complexity index is 574. The van der Waals surface area contributed by atoms with Gasteiger partial charge in [-0.05, 0) is 49.7 Å². The molecular formula is C15H17N3O2. The van der Waals surface area contributed by atoms with Crippen molar-refractivity contribution in [3.8, 4) is 0 Å². The minimum atomic E-state index is -0.0679. The van der Waals surface area contributed by atoms with Gasteiger partial charge in [0.1, 0.15) is 0 Å². The number of nitrogens with one attached hydrogen (secondary N) is 2. The molecule has 1 amide bonds. The van der Waals surface area contributed by atoms with Crippen LogP contribution >= 0.6 is 0 Å². The van der Waals surface area contributed by atoms with Gasteiger partial charge < -0.3 is 10.6 Å². The molecule has 5 heteroatoms. The van der Waals surface area contributed by atoms with Crippen LogP contribution in [0.3, 0.4) is 0 Å². The maximum Gasteiger partial charge on any atom is 0.251 e. The van der Waals surface area contributed by atoms with Crippen molar-refractivity contribution in [3.63, 3.8) is 0 Å². The highest BCUT2D eigenvalue weighted by Gasteiger charge is 2.18. The molecule has 20 heavy (non-hydrogen) atoms. The van der Waals surface area contributed by atoms with Gasteiger partial charge in [0.2, 0.25) is 0 Å². The highest BCUT2D eigenvalue weighted by molar-refractivity contribution is 6.29. The van der Waals surface area contributed by atoms with Crippen LogP contribution in [0.1, 0.15) is 28.8 Å². The van der Waals surface area contributed by atoms with E-state index in [4.69, 9.17) is 0 Å². The summed E-state index contributed by atoms with van der Waals surface area (Å²) in [6, 6.07) is 5.58. The molecule has 1 fully saturated rings. The predicted octanol–water partition coefficient (Wildman–Crippen LogP) is 0.996. The predicted molar refractivity (Wildman–Crippen MR) is 76.7 cm³/mol. The quantitative estimate of drug-likeness (QED) is 0.843. The standard InChI is InChI=1S/C15H17N3O2/c19-13-8-11-7-10(1-2-14(11)17-9-13)15(20)18-12-3-5-16-6-4-12/h1-2,7,9,12,16H,3-6,8H2,(H,18,20). The Morgan fingerprint density at radius 1 is 1.30 bits per heavy atom. The lowest BCUT2D eigenvalue weighted by Crippen LogP contribution is -2.42. The Morgan fingerprint density at radius 3 is 2.90 bits per heavy atom. The van der Waals surface area contributed by atoms with Gasteiger partial charge in [0.05, 0.1) is 11.9 Å². The summed E-state index contributed by atoms with van der Waals surface area (Å²) < 4.78 is 0. The molecule has 0 bridgehead atoms. The van der Waals surface area contributed by atoms with Crippen molar-refractivity contribution in [2.45, 2.75) is 25.3 Å².